The van der Waals surface area contributed by atoms with Crippen molar-refractivity contribution in [1.82, 2.24) is 9.88 Å². The second-order valence-electron chi connectivity index (χ2n) is 6.14. The van der Waals surface area contributed by atoms with Gasteiger partial charge in [0.1, 0.15) is 11.4 Å². The van der Waals surface area contributed by atoms with Gasteiger partial charge in [-0.3, -0.25) is 14.5 Å². The van der Waals surface area contributed by atoms with E-state index in [1.54, 1.807) is 19.1 Å². The number of ether oxygens (including phenoxy) is 1. The fraction of sp³-hybridized carbons (Fsp3) is 0.353. The van der Waals surface area contributed by atoms with Crippen molar-refractivity contribution in [3.8, 4) is 16.2 Å². The van der Waals surface area contributed by atoms with Gasteiger partial charge in [-0.15, -0.1) is 0 Å². The minimum atomic E-state index is -0.719. The summed E-state index contributed by atoms with van der Waals surface area (Å²) in [6.45, 7) is 0.0276. The second kappa shape index (κ2) is 6.45. The van der Waals surface area contributed by atoms with Crippen LogP contribution in [-0.2, 0) is 4.79 Å². The fourth-order valence-corrected chi connectivity index (χ4v) is 3.78. The predicted molar refractivity (Wildman–Crippen MR) is 96.6 cm³/mol. The fourth-order valence-electron chi connectivity index (χ4n) is 2.96. The number of Topliss-reactive ketones (excluding diaryl/α,β-unsaturated/α-hetero) is 1. The molecular weight excluding hydrogens is 340 g/mol. The zero-order valence-electron chi connectivity index (χ0n) is 14.1. The third kappa shape index (κ3) is 3.22. The van der Waals surface area contributed by atoms with Gasteiger partial charge >= 0.3 is 0 Å². The van der Waals surface area contributed by atoms with Crippen molar-refractivity contribution in [3.05, 3.63) is 30.0 Å². The van der Waals surface area contributed by atoms with E-state index in [0.717, 1.165) is 5.56 Å². The van der Waals surface area contributed by atoms with Crippen LogP contribution in [0.1, 0.15) is 23.3 Å². The molecule has 1 amide bonds. The number of nitrogens with two attached hydrogens (primary N) is 2. The molecule has 0 radical (unpaired) electrons. The highest BCUT2D eigenvalue weighted by Gasteiger charge is 2.54. The van der Waals surface area contributed by atoms with Crippen LogP contribution in [0.4, 0.5) is 5.13 Å². The molecule has 1 aromatic heterocycles. The lowest BCUT2D eigenvalue weighted by molar-refractivity contribution is -0.119. The Balaban J connectivity index is 1.98. The molecule has 0 spiro atoms. The zero-order valence-corrected chi connectivity index (χ0v) is 14.9. The molecule has 0 unspecified atom stereocenters. The predicted octanol–water partition coefficient (Wildman–Crippen LogP) is 1.53. The number of anilines is 1. The van der Waals surface area contributed by atoms with E-state index in [9.17, 15) is 9.59 Å². The van der Waals surface area contributed by atoms with Crippen molar-refractivity contribution < 1.29 is 14.3 Å². The molecule has 1 aliphatic rings. The Morgan fingerprint density at radius 3 is 2.72 bits per heavy atom. The number of primary amides is 1. The van der Waals surface area contributed by atoms with E-state index in [4.69, 9.17) is 16.2 Å². The van der Waals surface area contributed by atoms with Crippen molar-refractivity contribution in [2.75, 3.05) is 26.4 Å². The highest BCUT2D eigenvalue weighted by Crippen LogP contribution is 2.46. The maximum Gasteiger partial charge on any atom is 0.231 e. The van der Waals surface area contributed by atoms with Crippen LogP contribution < -0.4 is 16.2 Å². The second-order valence-corrected chi connectivity index (χ2v) is 7.18. The Morgan fingerprint density at radius 1 is 1.40 bits per heavy atom. The van der Waals surface area contributed by atoms with Crippen LogP contribution in [0.5, 0.6) is 5.75 Å². The van der Waals surface area contributed by atoms with Gasteiger partial charge in [0.15, 0.2) is 5.13 Å². The van der Waals surface area contributed by atoms with Gasteiger partial charge in [0, 0.05) is 0 Å². The summed E-state index contributed by atoms with van der Waals surface area (Å²) in [4.78, 5) is 31.1. The first-order valence-corrected chi connectivity index (χ1v) is 8.64. The lowest BCUT2D eigenvalue weighted by atomic mass is 10.0. The molecule has 1 aliphatic carbocycles. The first-order chi connectivity index (χ1) is 11.9. The third-order valence-corrected chi connectivity index (χ3v) is 5.39. The summed E-state index contributed by atoms with van der Waals surface area (Å²) in [5.74, 6) is 0.101. The van der Waals surface area contributed by atoms with Crippen LogP contribution in [0.2, 0.25) is 0 Å². The van der Waals surface area contributed by atoms with Crippen LogP contribution in [0.3, 0.4) is 0 Å². The number of amides is 1. The molecule has 7 nitrogen and oxygen atoms in total. The van der Waals surface area contributed by atoms with Crippen molar-refractivity contribution >= 4 is 28.2 Å². The summed E-state index contributed by atoms with van der Waals surface area (Å²) < 4.78 is 5.25. The van der Waals surface area contributed by atoms with Crippen molar-refractivity contribution in [2.45, 2.75) is 18.4 Å². The van der Waals surface area contributed by atoms with E-state index >= 15 is 0 Å². The molecule has 132 valence electrons. The van der Waals surface area contributed by atoms with Crippen molar-refractivity contribution in [1.29, 1.82) is 0 Å². The van der Waals surface area contributed by atoms with Gasteiger partial charge in [0.2, 0.25) is 11.7 Å². The first-order valence-electron chi connectivity index (χ1n) is 7.82. The monoisotopic (exact) mass is 360 g/mol. The number of benzene rings is 1. The van der Waals surface area contributed by atoms with Gasteiger partial charge in [-0.1, -0.05) is 23.5 Å². The summed E-state index contributed by atoms with van der Waals surface area (Å²) in [6.07, 6.45) is 1.34. The topological polar surface area (TPSA) is 112 Å². The number of rotatable bonds is 7. The minimum Gasteiger partial charge on any atom is -0.497 e. The van der Waals surface area contributed by atoms with Gasteiger partial charge in [-0.05, 0) is 37.6 Å². The van der Waals surface area contributed by atoms with Crippen LogP contribution in [-0.4, -0.2) is 47.8 Å². The molecule has 2 aromatic rings. The van der Waals surface area contributed by atoms with Gasteiger partial charge in [-0.25, -0.2) is 4.98 Å². The molecule has 0 saturated heterocycles. The normalized spacial score (nSPS) is 15.2. The molecule has 0 aliphatic heterocycles. The molecular formula is C17H20N4O3S. The molecule has 0 atom stereocenters. The maximum absolute atomic E-state index is 13.2. The highest BCUT2D eigenvalue weighted by atomic mass is 32.1. The Hall–Kier alpha value is -2.45. The Morgan fingerprint density at radius 2 is 2.12 bits per heavy atom. The van der Waals surface area contributed by atoms with Gasteiger partial charge < -0.3 is 16.2 Å². The van der Waals surface area contributed by atoms with E-state index in [1.165, 1.54) is 11.3 Å². The summed E-state index contributed by atoms with van der Waals surface area (Å²) in [5.41, 5.74) is 11.6. The number of aromatic nitrogens is 1. The SMILES string of the molecule is COc1cccc(-c2sc(N)nc2C(=O)C2(N(C)CC(N)=O)CC2)c1. The van der Waals surface area contributed by atoms with Crippen LogP contribution >= 0.6 is 11.3 Å². The van der Waals surface area contributed by atoms with Crippen LogP contribution in [0.25, 0.3) is 10.4 Å². The number of nitrogens with zero attached hydrogens (tertiary/aromatic N) is 2. The summed E-state index contributed by atoms with van der Waals surface area (Å²) in [5, 5.41) is 0.328. The lowest BCUT2D eigenvalue weighted by Gasteiger charge is -2.25. The molecule has 1 fully saturated rings. The Labute approximate surface area is 149 Å². The minimum absolute atomic E-state index is 0.0276. The van der Waals surface area contributed by atoms with E-state index in [-0.39, 0.29) is 12.3 Å². The first kappa shape index (κ1) is 17.4. The van der Waals surface area contributed by atoms with E-state index in [1.807, 2.05) is 24.3 Å². The maximum atomic E-state index is 13.2. The summed E-state index contributed by atoms with van der Waals surface area (Å²) >= 11 is 1.26. The molecule has 1 heterocycles. The largest absolute Gasteiger partial charge is 0.497 e. The number of carbonyl (C=O) groups excluding carboxylic acids is 2. The highest BCUT2D eigenvalue weighted by molar-refractivity contribution is 7.19. The van der Waals surface area contributed by atoms with Crippen molar-refractivity contribution in [2.24, 2.45) is 5.73 Å². The average Bonchev–Trinajstić information content (AvgIpc) is 3.30. The molecule has 1 saturated carbocycles. The Bertz CT molecular complexity index is 829. The third-order valence-electron chi connectivity index (χ3n) is 4.46. The number of nitrogen functional groups attached to an aromatic ring is 1. The molecule has 4 N–H and O–H groups in total. The molecule has 0 bridgehead atoms. The zero-order chi connectivity index (χ0) is 18.2. The van der Waals surface area contributed by atoms with Gasteiger partial charge in [0.05, 0.1) is 24.1 Å². The standard InChI is InChI=1S/C17H20N4O3S/c1-21(9-12(18)22)17(6-7-17)15(23)13-14(25-16(19)20-13)10-4-3-5-11(8-10)24-2/h3-5,8H,6-7,9H2,1-2H3,(H2,18,22)(H2,19,20). The number of likely N-dealkylation sites (N-methyl/N-ethyl adjacent to an activating group) is 1. The number of hydrogen-bond acceptors (Lipinski definition) is 7. The Kier molecular flexibility index (Phi) is 4.49. The van der Waals surface area contributed by atoms with Crippen LogP contribution in [0, 0.1) is 0 Å². The summed E-state index contributed by atoms with van der Waals surface area (Å²) in [7, 11) is 3.32. The van der Waals surface area contributed by atoms with E-state index in [0.29, 0.717) is 34.3 Å². The number of ketones is 1. The lowest BCUT2D eigenvalue weighted by Crippen LogP contribution is -2.45. The molecule has 8 heteroatoms. The smallest absolute Gasteiger partial charge is 0.231 e. The van der Waals surface area contributed by atoms with E-state index in [2.05, 4.69) is 4.98 Å². The van der Waals surface area contributed by atoms with Gasteiger partial charge in [0.25, 0.3) is 0 Å². The molecule has 25 heavy (non-hydrogen) atoms. The van der Waals surface area contributed by atoms with Crippen LogP contribution in [0.15, 0.2) is 24.3 Å². The molecule has 1 aromatic carbocycles. The average molecular weight is 360 g/mol. The number of methoxy groups -OCH3 is 1. The van der Waals surface area contributed by atoms with Gasteiger partial charge in [-0.2, -0.15) is 0 Å². The quantitative estimate of drug-likeness (QED) is 0.724. The molecule has 3 rings (SSSR count). The number of hydrogen-bond donors (Lipinski definition) is 2. The van der Waals surface area contributed by atoms with E-state index < -0.39 is 11.4 Å². The summed E-state index contributed by atoms with van der Waals surface area (Å²) in [6, 6.07) is 7.41. The number of thiazole rings is 1. The van der Waals surface area contributed by atoms with Crippen molar-refractivity contribution in [3.63, 3.8) is 0 Å². The number of carbonyl (C=O) groups is 2.